The van der Waals surface area contributed by atoms with E-state index in [9.17, 15) is 4.39 Å². The van der Waals surface area contributed by atoms with Crippen molar-refractivity contribution in [1.29, 1.82) is 0 Å². The molecule has 0 aliphatic carbocycles. The molecule has 0 saturated carbocycles. The molecule has 1 N–H and O–H groups in total. The van der Waals surface area contributed by atoms with Gasteiger partial charge in [0.05, 0.1) is 6.54 Å². The summed E-state index contributed by atoms with van der Waals surface area (Å²) in [5.74, 6) is -0.240. The molecular weight excluding hydrogens is 387 g/mol. The molecule has 1 aromatic heterocycles. The monoisotopic (exact) mass is 414 g/mol. The Morgan fingerprint density at radius 2 is 1.55 bits per heavy atom. The van der Waals surface area contributed by atoms with Crippen molar-refractivity contribution < 1.29 is 4.39 Å². The Kier molecular flexibility index (Phi) is 6.85. The van der Waals surface area contributed by atoms with E-state index >= 15 is 0 Å². The molecule has 0 aliphatic rings. The highest BCUT2D eigenvalue weighted by Gasteiger charge is 2.15. The Labute approximate surface area is 182 Å². The average molecular weight is 415 g/mol. The smallest absolute Gasteiger partial charge is 0.128 e. The summed E-state index contributed by atoms with van der Waals surface area (Å²) < 4.78 is 14.1. The first kappa shape index (κ1) is 20.9. The van der Waals surface area contributed by atoms with Crippen molar-refractivity contribution in [3.63, 3.8) is 0 Å². The standard InChI is InChI=1S/C26H27FN4/c1-20(16-17-21-10-4-2-5-11-21)28-18-25-26(22-12-6-3-7-13-22)30-31(29-25)19-23-14-8-9-15-24(23)27/h2-15,20,28H,16-19H2,1H3/t20-/m0/s1. The topological polar surface area (TPSA) is 42.7 Å². The number of halogens is 1. The minimum Gasteiger partial charge on any atom is -0.309 e. The summed E-state index contributed by atoms with van der Waals surface area (Å²) in [5.41, 5.74) is 4.63. The fourth-order valence-electron chi connectivity index (χ4n) is 3.57. The van der Waals surface area contributed by atoms with Gasteiger partial charge in [0, 0.05) is 23.7 Å². The van der Waals surface area contributed by atoms with Crippen molar-refractivity contribution in [3.8, 4) is 11.3 Å². The zero-order chi connectivity index (χ0) is 21.5. The molecule has 0 aliphatic heterocycles. The molecule has 4 aromatic rings. The minimum absolute atomic E-state index is 0.240. The van der Waals surface area contributed by atoms with E-state index in [1.54, 1.807) is 16.9 Å². The van der Waals surface area contributed by atoms with Crippen LogP contribution >= 0.6 is 0 Å². The van der Waals surface area contributed by atoms with Crippen LogP contribution in [0.25, 0.3) is 11.3 Å². The van der Waals surface area contributed by atoms with Crippen LogP contribution in [0, 0.1) is 5.82 Å². The maximum atomic E-state index is 14.1. The van der Waals surface area contributed by atoms with E-state index in [0.717, 1.165) is 29.8 Å². The van der Waals surface area contributed by atoms with E-state index in [4.69, 9.17) is 0 Å². The summed E-state index contributed by atoms with van der Waals surface area (Å²) in [6.45, 7) is 3.10. The first-order valence-corrected chi connectivity index (χ1v) is 10.7. The third-order valence-corrected chi connectivity index (χ3v) is 5.37. The summed E-state index contributed by atoms with van der Waals surface area (Å²) in [5, 5.41) is 13.0. The molecule has 5 heteroatoms. The van der Waals surface area contributed by atoms with Crippen molar-refractivity contribution in [2.75, 3.05) is 0 Å². The van der Waals surface area contributed by atoms with Gasteiger partial charge < -0.3 is 5.32 Å². The molecule has 0 fully saturated rings. The first-order valence-electron chi connectivity index (χ1n) is 10.7. The summed E-state index contributed by atoms with van der Waals surface area (Å²) in [4.78, 5) is 1.59. The van der Waals surface area contributed by atoms with Crippen LogP contribution in [0.3, 0.4) is 0 Å². The van der Waals surface area contributed by atoms with Crippen LogP contribution in [0.1, 0.15) is 30.2 Å². The van der Waals surface area contributed by atoms with Gasteiger partial charge in [0.25, 0.3) is 0 Å². The molecule has 31 heavy (non-hydrogen) atoms. The fraction of sp³-hybridized carbons (Fsp3) is 0.231. The summed E-state index contributed by atoms with van der Waals surface area (Å²) >= 11 is 0. The van der Waals surface area contributed by atoms with E-state index in [-0.39, 0.29) is 5.82 Å². The second-order valence-electron chi connectivity index (χ2n) is 7.79. The number of nitrogens with zero attached hydrogens (tertiary/aromatic N) is 3. The lowest BCUT2D eigenvalue weighted by atomic mass is 10.1. The summed E-state index contributed by atoms with van der Waals surface area (Å²) in [6.07, 6.45) is 2.06. The first-order chi connectivity index (χ1) is 15.2. The molecular formula is C26H27FN4. The molecule has 158 valence electrons. The molecule has 1 heterocycles. The minimum atomic E-state index is -0.240. The van der Waals surface area contributed by atoms with Gasteiger partial charge in [-0.2, -0.15) is 15.0 Å². The van der Waals surface area contributed by atoms with E-state index < -0.39 is 0 Å². The number of aryl methyl sites for hydroxylation is 1. The highest BCUT2D eigenvalue weighted by molar-refractivity contribution is 5.60. The van der Waals surface area contributed by atoms with Crippen LogP contribution in [0.5, 0.6) is 0 Å². The Hall–Kier alpha value is -3.31. The van der Waals surface area contributed by atoms with Gasteiger partial charge in [0.2, 0.25) is 0 Å². The molecule has 0 saturated heterocycles. The third kappa shape index (κ3) is 5.64. The third-order valence-electron chi connectivity index (χ3n) is 5.37. The van der Waals surface area contributed by atoms with Gasteiger partial charge in [-0.05, 0) is 31.4 Å². The normalized spacial score (nSPS) is 12.1. The van der Waals surface area contributed by atoms with E-state index in [0.29, 0.717) is 24.7 Å². The zero-order valence-electron chi connectivity index (χ0n) is 17.7. The van der Waals surface area contributed by atoms with E-state index in [2.05, 4.69) is 46.7 Å². The molecule has 0 bridgehead atoms. The number of rotatable bonds is 9. The maximum Gasteiger partial charge on any atom is 0.128 e. The van der Waals surface area contributed by atoms with E-state index in [1.165, 1.54) is 11.6 Å². The second-order valence-corrected chi connectivity index (χ2v) is 7.79. The Bertz CT molecular complexity index is 1090. The molecule has 4 nitrogen and oxygen atoms in total. The quantitative estimate of drug-likeness (QED) is 0.407. The SMILES string of the molecule is C[C@@H](CCc1ccccc1)NCc1nn(Cc2ccccc2F)nc1-c1ccccc1. The van der Waals surface area contributed by atoms with Crippen molar-refractivity contribution in [3.05, 3.63) is 108 Å². The molecule has 3 aromatic carbocycles. The lowest BCUT2D eigenvalue weighted by Gasteiger charge is -2.13. The van der Waals surface area contributed by atoms with Crippen LogP contribution in [0.15, 0.2) is 84.9 Å². The fourth-order valence-corrected chi connectivity index (χ4v) is 3.57. The predicted octanol–water partition coefficient (Wildman–Crippen LogP) is 5.24. The summed E-state index contributed by atoms with van der Waals surface area (Å²) in [6, 6.07) is 27.6. The van der Waals surface area contributed by atoms with Crippen molar-refractivity contribution in [1.82, 2.24) is 20.3 Å². The molecule has 0 radical (unpaired) electrons. The highest BCUT2D eigenvalue weighted by Crippen LogP contribution is 2.21. The average Bonchev–Trinajstić information content (AvgIpc) is 3.22. The van der Waals surface area contributed by atoms with Crippen LogP contribution in [0.4, 0.5) is 4.39 Å². The zero-order valence-corrected chi connectivity index (χ0v) is 17.7. The molecule has 1 atom stereocenters. The van der Waals surface area contributed by atoms with Gasteiger partial charge in [-0.3, -0.25) is 0 Å². The molecule has 4 rings (SSSR count). The van der Waals surface area contributed by atoms with Crippen LogP contribution in [-0.4, -0.2) is 21.0 Å². The number of nitrogens with one attached hydrogen (secondary N) is 1. The molecule has 0 spiro atoms. The van der Waals surface area contributed by atoms with Crippen LogP contribution < -0.4 is 5.32 Å². The van der Waals surface area contributed by atoms with E-state index in [1.807, 2.05) is 42.5 Å². The number of benzene rings is 3. The maximum absolute atomic E-state index is 14.1. The predicted molar refractivity (Wildman–Crippen MR) is 122 cm³/mol. The van der Waals surface area contributed by atoms with Gasteiger partial charge in [0.15, 0.2) is 0 Å². The Morgan fingerprint density at radius 3 is 2.29 bits per heavy atom. The summed E-state index contributed by atoms with van der Waals surface area (Å²) in [7, 11) is 0. The van der Waals surface area contributed by atoms with Gasteiger partial charge in [-0.15, -0.1) is 0 Å². The molecule has 0 amide bonds. The largest absolute Gasteiger partial charge is 0.309 e. The number of hydrogen-bond acceptors (Lipinski definition) is 3. The van der Waals surface area contributed by atoms with Gasteiger partial charge >= 0.3 is 0 Å². The highest BCUT2D eigenvalue weighted by atomic mass is 19.1. The Morgan fingerprint density at radius 1 is 0.871 bits per heavy atom. The van der Waals surface area contributed by atoms with Crippen molar-refractivity contribution >= 4 is 0 Å². The molecule has 0 unspecified atom stereocenters. The van der Waals surface area contributed by atoms with Gasteiger partial charge in [0.1, 0.15) is 17.2 Å². The number of aromatic nitrogens is 3. The van der Waals surface area contributed by atoms with Crippen molar-refractivity contribution in [2.24, 2.45) is 0 Å². The lowest BCUT2D eigenvalue weighted by Crippen LogP contribution is -2.26. The van der Waals surface area contributed by atoms with Crippen LogP contribution in [0.2, 0.25) is 0 Å². The van der Waals surface area contributed by atoms with Crippen LogP contribution in [-0.2, 0) is 19.5 Å². The van der Waals surface area contributed by atoms with Gasteiger partial charge in [-0.1, -0.05) is 78.9 Å². The van der Waals surface area contributed by atoms with Crippen molar-refractivity contribution in [2.45, 2.75) is 38.9 Å². The Balaban J connectivity index is 1.47. The second kappa shape index (κ2) is 10.1. The lowest BCUT2D eigenvalue weighted by molar-refractivity contribution is 0.501. The van der Waals surface area contributed by atoms with Gasteiger partial charge in [-0.25, -0.2) is 4.39 Å². The number of hydrogen-bond donors (Lipinski definition) is 1.